The van der Waals surface area contributed by atoms with Crippen LogP contribution in [0.5, 0.6) is 0 Å². The van der Waals surface area contributed by atoms with Gasteiger partial charge in [0.2, 0.25) is 0 Å². The predicted octanol–water partition coefficient (Wildman–Crippen LogP) is 5.24. The molecule has 2 fully saturated rings. The van der Waals surface area contributed by atoms with Crippen LogP contribution in [0.1, 0.15) is 65.2 Å². The fraction of sp³-hybridized carbons (Fsp3) is 0.435. The van der Waals surface area contributed by atoms with Crippen molar-refractivity contribution in [2.75, 3.05) is 5.32 Å². The second kappa shape index (κ2) is 5.87. The molecule has 2 N–H and O–H groups in total. The number of anilines is 1. The molecule has 5 atom stereocenters. The average molecular weight is 347 g/mol. The summed E-state index contributed by atoms with van der Waals surface area (Å²) in [7, 11) is 0. The predicted molar refractivity (Wildman–Crippen MR) is 103 cm³/mol. The molecular formula is C23H25NO2. The van der Waals surface area contributed by atoms with Crippen molar-refractivity contribution in [1.29, 1.82) is 0 Å². The van der Waals surface area contributed by atoms with Crippen LogP contribution in [0.3, 0.4) is 0 Å². The van der Waals surface area contributed by atoms with E-state index in [1.54, 1.807) is 6.07 Å². The Morgan fingerprint density at radius 1 is 1.12 bits per heavy atom. The number of aromatic carboxylic acids is 1. The van der Waals surface area contributed by atoms with E-state index in [1.165, 1.54) is 36.0 Å². The van der Waals surface area contributed by atoms with E-state index in [2.05, 4.69) is 42.6 Å². The van der Waals surface area contributed by atoms with Crippen LogP contribution in [0.15, 0.2) is 42.5 Å². The summed E-state index contributed by atoms with van der Waals surface area (Å²) in [6.45, 7) is 2.18. The Labute approximate surface area is 154 Å². The molecule has 3 heteroatoms. The van der Waals surface area contributed by atoms with E-state index in [4.69, 9.17) is 0 Å². The fourth-order valence-electron chi connectivity index (χ4n) is 5.98. The normalized spacial score (nSPS) is 31.2. The van der Waals surface area contributed by atoms with Crippen molar-refractivity contribution in [1.82, 2.24) is 0 Å². The van der Waals surface area contributed by atoms with Crippen molar-refractivity contribution in [2.45, 2.75) is 44.6 Å². The van der Waals surface area contributed by atoms with Crippen LogP contribution in [0.2, 0.25) is 0 Å². The Morgan fingerprint density at radius 2 is 1.88 bits per heavy atom. The Morgan fingerprint density at radius 3 is 2.62 bits per heavy atom. The quantitative estimate of drug-likeness (QED) is 0.798. The number of carboxylic acid groups (broad SMARTS) is 1. The summed E-state index contributed by atoms with van der Waals surface area (Å²) in [6.07, 6.45) is 4.97. The van der Waals surface area contributed by atoms with Gasteiger partial charge in [0.25, 0.3) is 0 Å². The van der Waals surface area contributed by atoms with Gasteiger partial charge in [0.15, 0.2) is 0 Å². The van der Waals surface area contributed by atoms with Gasteiger partial charge in [0.05, 0.1) is 17.3 Å². The van der Waals surface area contributed by atoms with E-state index in [-0.39, 0.29) is 6.04 Å². The van der Waals surface area contributed by atoms with Gasteiger partial charge in [-0.25, -0.2) is 4.79 Å². The van der Waals surface area contributed by atoms with Crippen molar-refractivity contribution >= 4 is 11.7 Å². The number of hydrogen-bond donors (Lipinski definition) is 2. The fourth-order valence-corrected chi connectivity index (χ4v) is 5.98. The summed E-state index contributed by atoms with van der Waals surface area (Å²) >= 11 is 0. The number of fused-ring (bicyclic) bond motifs is 7. The minimum atomic E-state index is -0.837. The van der Waals surface area contributed by atoms with E-state index in [0.717, 1.165) is 18.0 Å². The Balaban J connectivity index is 1.64. The Hall–Kier alpha value is -2.29. The molecule has 26 heavy (non-hydrogen) atoms. The van der Waals surface area contributed by atoms with Crippen molar-refractivity contribution < 1.29 is 9.90 Å². The van der Waals surface area contributed by atoms with Gasteiger partial charge in [-0.2, -0.15) is 0 Å². The maximum absolute atomic E-state index is 11.8. The molecule has 5 rings (SSSR count). The van der Waals surface area contributed by atoms with Crippen molar-refractivity contribution in [3.63, 3.8) is 0 Å². The van der Waals surface area contributed by atoms with Gasteiger partial charge in [-0.15, -0.1) is 0 Å². The molecule has 0 aromatic heterocycles. The molecule has 2 aromatic carbocycles. The van der Waals surface area contributed by atoms with Crippen LogP contribution < -0.4 is 5.32 Å². The van der Waals surface area contributed by atoms with Crippen molar-refractivity contribution in [2.24, 2.45) is 17.8 Å². The number of carbonyl (C=O) groups is 1. The largest absolute Gasteiger partial charge is 0.478 e. The van der Waals surface area contributed by atoms with Crippen LogP contribution in [0, 0.1) is 17.8 Å². The second-order valence-electron chi connectivity index (χ2n) is 8.23. The van der Waals surface area contributed by atoms with Gasteiger partial charge in [0, 0.05) is 0 Å². The number of benzene rings is 2. The molecule has 0 saturated heterocycles. The van der Waals surface area contributed by atoms with Crippen molar-refractivity contribution in [3.8, 4) is 0 Å². The number of nitrogens with one attached hydrogen (secondary N) is 1. The summed E-state index contributed by atoms with van der Waals surface area (Å²) in [5.74, 6) is 1.72. The van der Waals surface area contributed by atoms with Gasteiger partial charge < -0.3 is 10.4 Å². The first-order chi connectivity index (χ1) is 12.7. The lowest BCUT2D eigenvalue weighted by Crippen LogP contribution is -2.36. The molecule has 0 amide bonds. The summed E-state index contributed by atoms with van der Waals surface area (Å²) in [6, 6.07) is 15.0. The molecule has 2 saturated carbocycles. The Kier molecular flexibility index (Phi) is 3.59. The van der Waals surface area contributed by atoms with E-state index < -0.39 is 5.97 Å². The summed E-state index contributed by atoms with van der Waals surface area (Å²) in [4.78, 5) is 11.8. The van der Waals surface area contributed by atoms with Gasteiger partial charge in [0.1, 0.15) is 0 Å². The monoisotopic (exact) mass is 347 g/mol. The van der Waals surface area contributed by atoms with E-state index in [0.29, 0.717) is 23.3 Å². The molecule has 134 valence electrons. The highest BCUT2D eigenvalue weighted by Gasteiger charge is 2.54. The van der Waals surface area contributed by atoms with Crippen LogP contribution in [-0.4, -0.2) is 11.1 Å². The first-order valence-corrected chi connectivity index (χ1v) is 9.89. The smallest absolute Gasteiger partial charge is 0.337 e. The van der Waals surface area contributed by atoms with Gasteiger partial charge in [-0.05, 0) is 72.1 Å². The second-order valence-corrected chi connectivity index (χ2v) is 8.23. The molecule has 2 aromatic rings. The highest BCUT2D eigenvalue weighted by Crippen LogP contribution is 2.63. The molecule has 0 unspecified atom stereocenters. The molecule has 0 spiro atoms. The summed E-state index contributed by atoms with van der Waals surface area (Å²) < 4.78 is 0. The Bertz CT molecular complexity index is 857. The van der Waals surface area contributed by atoms with Crippen LogP contribution in [-0.2, 0) is 6.42 Å². The number of hydrogen-bond acceptors (Lipinski definition) is 2. The molecule has 1 heterocycles. The highest BCUT2D eigenvalue weighted by molar-refractivity contribution is 5.95. The number of para-hydroxylation sites is 1. The standard InChI is InChI=1S/C23H25NO2/c1-2-13-6-8-14(9-7-13)21-20-16-11-10-15(12-16)19(20)17-4-3-5-18(23(25)26)22(17)24-21/h3-9,15-16,19-21,24H,2,10-12H2,1H3,(H,25,26)/t15-,16+,19-,20-,21-/m1/s1. The third-order valence-corrected chi connectivity index (χ3v) is 7.10. The highest BCUT2D eigenvalue weighted by atomic mass is 16.4. The van der Waals surface area contributed by atoms with Crippen molar-refractivity contribution in [3.05, 3.63) is 64.7 Å². The van der Waals surface area contributed by atoms with E-state index >= 15 is 0 Å². The van der Waals surface area contributed by atoms with Gasteiger partial charge >= 0.3 is 5.97 Å². The molecular weight excluding hydrogens is 322 g/mol. The average Bonchev–Trinajstić information content (AvgIpc) is 3.29. The summed E-state index contributed by atoms with van der Waals surface area (Å²) in [5.41, 5.74) is 5.16. The molecule has 2 aliphatic carbocycles. The third kappa shape index (κ3) is 2.22. The summed E-state index contributed by atoms with van der Waals surface area (Å²) in [5, 5.41) is 13.4. The minimum Gasteiger partial charge on any atom is -0.478 e. The molecule has 3 aliphatic rings. The minimum absolute atomic E-state index is 0.217. The van der Waals surface area contributed by atoms with Gasteiger partial charge in [-0.3, -0.25) is 0 Å². The third-order valence-electron chi connectivity index (χ3n) is 7.10. The van der Waals surface area contributed by atoms with E-state index in [1.807, 2.05) is 6.07 Å². The number of aryl methyl sites for hydroxylation is 1. The maximum atomic E-state index is 11.8. The molecule has 1 aliphatic heterocycles. The molecule has 0 radical (unpaired) electrons. The zero-order valence-electron chi connectivity index (χ0n) is 15.1. The first-order valence-electron chi connectivity index (χ1n) is 9.89. The number of rotatable bonds is 3. The topological polar surface area (TPSA) is 49.3 Å². The lowest BCUT2D eigenvalue weighted by Gasteiger charge is -2.44. The molecule has 3 nitrogen and oxygen atoms in total. The van der Waals surface area contributed by atoms with Gasteiger partial charge in [-0.1, -0.05) is 43.3 Å². The SMILES string of the molecule is CCc1ccc([C@H]2Nc3c(C(=O)O)cccc3[C@H]3[C@@H]4CC[C@@H](C4)[C@H]32)cc1. The zero-order valence-corrected chi connectivity index (χ0v) is 15.1. The van der Waals surface area contributed by atoms with Crippen LogP contribution in [0.4, 0.5) is 5.69 Å². The lowest BCUT2D eigenvalue weighted by atomic mass is 9.67. The first kappa shape index (κ1) is 15.9. The lowest BCUT2D eigenvalue weighted by molar-refractivity contribution is 0.0697. The number of carboxylic acids is 1. The maximum Gasteiger partial charge on any atom is 0.337 e. The van der Waals surface area contributed by atoms with Crippen LogP contribution >= 0.6 is 0 Å². The van der Waals surface area contributed by atoms with E-state index in [9.17, 15) is 9.90 Å². The zero-order chi connectivity index (χ0) is 17.8. The molecule has 2 bridgehead atoms. The van der Waals surface area contributed by atoms with Crippen LogP contribution in [0.25, 0.3) is 0 Å².